The summed E-state index contributed by atoms with van der Waals surface area (Å²) in [4.78, 5) is 13.1. The second-order valence-electron chi connectivity index (χ2n) is 7.93. The highest BCUT2D eigenvalue weighted by Crippen LogP contribution is 2.34. The van der Waals surface area contributed by atoms with Crippen molar-refractivity contribution >= 4 is 5.91 Å². The van der Waals surface area contributed by atoms with Gasteiger partial charge >= 0.3 is 0 Å². The lowest BCUT2D eigenvalue weighted by molar-refractivity contribution is 0.0946. The first-order valence-corrected chi connectivity index (χ1v) is 10.5. The van der Waals surface area contributed by atoms with E-state index in [1.165, 1.54) is 18.9 Å². The van der Waals surface area contributed by atoms with Crippen LogP contribution in [0, 0.1) is 18.7 Å². The molecule has 1 saturated carbocycles. The maximum Gasteiger partial charge on any atom is 0.255 e. The number of aryl methyl sites for hydroxylation is 1. The Kier molecular flexibility index (Phi) is 6.21. The molecule has 160 valence electrons. The quantitative estimate of drug-likeness (QED) is 0.522. The Bertz CT molecular complexity index is 1090. The molecule has 0 aliphatic heterocycles. The van der Waals surface area contributed by atoms with Crippen LogP contribution in [0.2, 0.25) is 0 Å². The average molecular weight is 419 g/mol. The third-order valence-corrected chi connectivity index (χ3v) is 5.50. The summed E-state index contributed by atoms with van der Waals surface area (Å²) in [6, 6.07) is 18.3. The number of methoxy groups -OCH3 is 1. The minimum atomic E-state index is -0.279. The van der Waals surface area contributed by atoms with E-state index < -0.39 is 0 Å². The zero-order valence-corrected chi connectivity index (χ0v) is 17.8. The van der Waals surface area contributed by atoms with Crippen molar-refractivity contribution in [1.29, 1.82) is 0 Å². The number of rotatable bonds is 8. The summed E-state index contributed by atoms with van der Waals surface area (Å²) < 4.78 is 25.3. The van der Waals surface area contributed by atoms with Gasteiger partial charge in [-0.15, -0.1) is 0 Å². The lowest BCUT2D eigenvalue weighted by Crippen LogP contribution is -2.24. The molecule has 1 aliphatic carbocycles. The number of nitrogens with one attached hydrogen (secondary N) is 1. The molecular formula is C26H26FNO3. The minimum Gasteiger partial charge on any atom is -0.496 e. The first-order valence-electron chi connectivity index (χ1n) is 10.5. The van der Waals surface area contributed by atoms with Crippen LogP contribution >= 0.6 is 0 Å². The van der Waals surface area contributed by atoms with Gasteiger partial charge in [0.15, 0.2) is 0 Å². The highest BCUT2D eigenvalue weighted by molar-refractivity contribution is 5.98. The van der Waals surface area contributed by atoms with Crippen LogP contribution in [0.15, 0.2) is 60.7 Å². The molecule has 0 saturated heterocycles. The first-order chi connectivity index (χ1) is 15.0. The first kappa shape index (κ1) is 20.9. The molecule has 1 amide bonds. The van der Waals surface area contributed by atoms with E-state index in [4.69, 9.17) is 9.47 Å². The Morgan fingerprint density at radius 3 is 2.61 bits per heavy atom. The highest BCUT2D eigenvalue weighted by Gasteiger charge is 2.23. The van der Waals surface area contributed by atoms with E-state index in [0.29, 0.717) is 35.0 Å². The summed E-state index contributed by atoms with van der Waals surface area (Å²) in [6.45, 7) is 2.55. The van der Waals surface area contributed by atoms with Gasteiger partial charge < -0.3 is 14.8 Å². The van der Waals surface area contributed by atoms with Gasteiger partial charge in [-0.25, -0.2) is 4.39 Å². The molecule has 31 heavy (non-hydrogen) atoms. The highest BCUT2D eigenvalue weighted by atomic mass is 19.1. The number of ether oxygens (including phenoxy) is 2. The van der Waals surface area contributed by atoms with Gasteiger partial charge in [-0.1, -0.05) is 36.4 Å². The Morgan fingerprint density at radius 1 is 1.06 bits per heavy atom. The lowest BCUT2D eigenvalue weighted by Gasteiger charge is -2.15. The standard InChI is InChI=1S/C26H26FNO3/c1-17-7-8-19(13-23(17)27)15-28-26(29)22-14-20(21-5-3-4-6-24(21)30-2)11-12-25(22)31-16-18-9-10-18/h3-8,11-14,18H,9-10,15-16H2,1-2H3,(H,28,29). The third-order valence-electron chi connectivity index (χ3n) is 5.50. The minimum absolute atomic E-state index is 0.233. The van der Waals surface area contributed by atoms with Crippen LogP contribution in [0.5, 0.6) is 11.5 Å². The Balaban J connectivity index is 1.60. The van der Waals surface area contributed by atoms with E-state index >= 15 is 0 Å². The van der Waals surface area contributed by atoms with Gasteiger partial charge in [-0.2, -0.15) is 0 Å². The second kappa shape index (κ2) is 9.21. The molecule has 0 spiro atoms. The van der Waals surface area contributed by atoms with Crippen LogP contribution in [0.1, 0.15) is 34.3 Å². The van der Waals surface area contributed by atoms with Crippen LogP contribution in [0.25, 0.3) is 11.1 Å². The number of amides is 1. The lowest BCUT2D eigenvalue weighted by atomic mass is 10.0. The molecule has 0 unspecified atom stereocenters. The van der Waals surface area contributed by atoms with Gasteiger partial charge in [0.2, 0.25) is 0 Å². The Hall–Kier alpha value is -3.34. The number of hydrogen-bond donors (Lipinski definition) is 1. The van der Waals surface area contributed by atoms with E-state index in [2.05, 4.69) is 5.32 Å². The smallest absolute Gasteiger partial charge is 0.255 e. The summed E-state index contributed by atoms with van der Waals surface area (Å²) in [5.74, 6) is 1.32. The number of benzene rings is 3. The maximum atomic E-state index is 13.8. The monoisotopic (exact) mass is 419 g/mol. The van der Waals surface area contributed by atoms with Crippen molar-refractivity contribution in [3.8, 4) is 22.6 Å². The normalized spacial score (nSPS) is 13.0. The molecule has 1 N–H and O–H groups in total. The fraction of sp³-hybridized carbons (Fsp3) is 0.269. The van der Waals surface area contributed by atoms with Crippen molar-refractivity contribution in [1.82, 2.24) is 5.32 Å². The molecule has 3 aromatic rings. The van der Waals surface area contributed by atoms with Gasteiger partial charge in [0.05, 0.1) is 19.3 Å². The molecule has 4 rings (SSSR count). The molecule has 3 aromatic carbocycles. The van der Waals surface area contributed by atoms with Crippen molar-refractivity contribution in [2.24, 2.45) is 5.92 Å². The maximum absolute atomic E-state index is 13.8. The Labute approximate surface area is 182 Å². The van der Waals surface area contributed by atoms with Gasteiger partial charge in [0.25, 0.3) is 5.91 Å². The molecule has 0 bridgehead atoms. The molecular weight excluding hydrogens is 393 g/mol. The molecule has 0 atom stereocenters. The van der Waals surface area contributed by atoms with E-state index in [-0.39, 0.29) is 18.3 Å². The van der Waals surface area contributed by atoms with Crippen molar-refractivity contribution in [3.05, 3.63) is 83.2 Å². The fourth-order valence-corrected chi connectivity index (χ4v) is 3.40. The summed E-state index contributed by atoms with van der Waals surface area (Å²) >= 11 is 0. The predicted octanol–water partition coefficient (Wildman–Crippen LogP) is 5.53. The third kappa shape index (κ3) is 5.05. The number of halogens is 1. The topological polar surface area (TPSA) is 47.6 Å². The average Bonchev–Trinajstić information content (AvgIpc) is 3.62. The zero-order chi connectivity index (χ0) is 21.8. The fourth-order valence-electron chi connectivity index (χ4n) is 3.40. The summed E-state index contributed by atoms with van der Waals surface area (Å²) in [5, 5.41) is 2.90. The van der Waals surface area contributed by atoms with Crippen molar-refractivity contribution in [2.75, 3.05) is 13.7 Å². The molecule has 1 fully saturated rings. The van der Waals surface area contributed by atoms with Gasteiger partial charge in [0.1, 0.15) is 17.3 Å². The van der Waals surface area contributed by atoms with E-state index in [1.807, 2.05) is 48.5 Å². The number of carbonyl (C=O) groups is 1. The molecule has 0 radical (unpaired) electrons. The number of carbonyl (C=O) groups excluding carboxylic acids is 1. The molecule has 5 heteroatoms. The molecule has 4 nitrogen and oxygen atoms in total. The Morgan fingerprint density at radius 2 is 1.87 bits per heavy atom. The largest absolute Gasteiger partial charge is 0.496 e. The summed E-state index contributed by atoms with van der Waals surface area (Å²) in [6.07, 6.45) is 2.33. The van der Waals surface area contributed by atoms with Crippen LogP contribution in [0.3, 0.4) is 0 Å². The van der Waals surface area contributed by atoms with Gasteiger partial charge in [-0.3, -0.25) is 4.79 Å². The second-order valence-corrected chi connectivity index (χ2v) is 7.93. The molecule has 0 aromatic heterocycles. The van der Waals surface area contributed by atoms with Crippen molar-refractivity contribution < 1.29 is 18.7 Å². The number of para-hydroxylation sites is 1. The summed E-state index contributed by atoms with van der Waals surface area (Å²) in [5.41, 5.74) is 3.50. The van der Waals surface area contributed by atoms with Crippen LogP contribution in [-0.2, 0) is 6.54 Å². The zero-order valence-electron chi connectivity index (χ0n) is 17.8. The van der Waals surface area contributed by atoms with Crippen LogP contribution < -0.4 is 14.8 Å². The van der Waals surface area contributed by atoms with Crippen molar-refractivity contribution in [2.45, 2.75) is 26.3 Å². The van der Waals surface area contributed by atoms with Crippen LogP contribution in [-0.4, -0.2) is 19.6 Å². The van der Waals surface area contributed by atoms with Crippen molar-refractivity contribution in [3.63, 3.8) is 0 Å². The predicted molar refractivity (Wildman–Crippen MR) is 119 cm³/mol. The summed E-state index contributed by atoms with van der Waals surface area (Å²) in [7, 11) is 1.63. The van der Waals surface area contributed by atoms with E-state index in [1.54, 1.807) is 20.1 Å². The van der Waals surface area contributed by atoms with Gasteiger partial charge in [0, 0.05) is 12.1 Å². The van der Waals surface area contributed by atoms with E-state index in [0.717, 1.165) is 16.9 Å². The van der Waals surface area contributed by atoms with E-state index in [9.17, 15) is 9.18 Å². The SMILES string of the molecule is COc1ccccc1-c1ccc(OCC2CC2)c(C(=O)NCc2ccc(C)c(F)c2)c1. The number of hydrogen-bond acceptors (Lipinski definition) is 3. The molecule has 0 heterocycles. The molecule has 1 aliphatic rings. The van der Waals surface area contributed by atoms with Crippen LogP contribution in [0.4, 0.5) is 4.39 Å². The van der Waals surface area contributed by atoms with Gasteiger partial charge in [-0.05, 0) is 66.6 Å².